The van der Waals surface area contributed by atoms with Crippen molar-refractivity contribution in [3.05, 3.63) is 23.3 Å². The van der Waals surface area contributed by atoms with E-state index in [-0.39, 0.29) is 6.04 Å². The van der Waals surface area contributed by atoms with E-state index >= 15 is 0 Å². The number of carbonyl (C=O) groups excluding carboxylic acids is 1. The summed E-state index contributed by atoms with van der Waals surface area (Å²) in [5, 5.41) is 10.5. The van der Waals surface area contributed by atoms with Crippen LogP contribution in [0.15, 0.2) is 10.6 Å². The molecule has 0 aromatic carbocycles. The SMILES string of the molecule is Cc1cc(CN(C)c2nc3nc(C4NOC(=O)N4)nc(N[C@H](C)C4CCC4)c3n2CC2CCC(C)CC2)on1. The van der Waals surface area contributed by atoms with Crippen molar-refractivity contribution in [2.24, 2.45) is 17.8 Å². The van der Waals surface area contributed by atoms with Crippen LogP contribution >= 0.6 is 0 Å². The standard InChI is InChI=1S/C27H39N9O3/c1-15-8-10-18(11-9-15)13-36-21-22(28-17(3)19-6-5-7-19)29-24(25-32-27(37)39-34-25)30-23(21)31-26(36)35(4)14-20-12-16(2)33-38-20/h12,15,17-19,25,34H,5-11,13-14H2,1-4H3,(H,32,37)(H,28,29,30)/t15?,17-,18?,25?/m1/s1. The molecule has 12 heteroatoms. The Labute approximate surface area is 228 Å². The lowest BCUT2D eigenvalue weighted by Crippen LogP contribution is -2.32. The monoisotopic (exact) mass is 537 g/mol. The summed E-state index contributed by atoms with van der Waals surface area (Å²) in [5.74, 6) is 4.68. The van der Waals surface area contributed by atoms with E-state index < -0.39 is 12.3 Å². The molecule has 3 aromatic rings. The van der Waals surface area contributed by atoms with Gasteiger partial charge in [-0.1, -0.05) is 31.3 Å². The van der Waals surface area contributed by atoms with Gasteiger partial charge in [-0.2, -0.15) is 4.98 Å². The minimum absolute atomic E-state index is 0.254. The Morgan fingerprint density at radius 3 is 2.62 bits per heavy atom. The van der Waals surface area contributed by atoms with Crippen molar-refractivity contribution in [2.45, 2.75) is 91.0 Å². The van der Waals surface area contributed by atoms with Crippen molar-refractivity contribution >= 4 is 29.0 Å². The second kappa shape index (κ2) is 10.6. The molecule has 2 atom stereocenters. The number of nitrogens with zero attached hydrogens (tertiary/aromatic N) is 6. The van der Waals surface area contributed by atoms with Crippen LogP contribution in [0, 0.1) is 24.7 Å². The third kappa shape index (κ3) is 5.39. The minimum Gasteiger partial charge on any atom is -0.365 e. The van der Waals surface area contributed by atoms with Crippen LogP contribution in [0.25, 0.3) is 11.2 Å². The summed E-state index contributed by atoms with van der Waals surface area (Å²) < 4.78 is 7.81. The van der Waals surface area contributed by atoms with Gasteiger partial charge in [-0.05, 0) is 57.3 Å². The van der Waals surface area contributed by atoms with Gasteiger partial charge in [-0.15, -0.1) is 5.48 Å². The second-order valence-corrected chi connectivity index (χ2v) is 11.8. The number of aromatic nitrogens is 5. The summed E-state index contributed by atoms with van der Waals surface area (Å²) in [6, 6.07) is 2.20. The lowest BCUT2D eigenvalue weighted by molar-refractivity contribution is 0.120. The first-order chi connectivity index (χ1) is 18.8. The highest BCUT2D eigenvalue weighted by atomic mass is 16.7. The van der Waals surface area contributed by atoms with E-state index in [1.807, 2.05) is 20.0 Å². The molecule has 0 spiro atoms. The Morgan fingerprint density at radius 2 is 1.97 bits per heavy atom. The highest BCUT2D eigenvalue weighted by Crippen LogP contribution is 2.36. The summed E-state index contributed by atoms with van der Waals surface area (Å²) >= 11 is 0. The van der Waals surface area contributed by atoms with Crippen LogP contribution in [0.4, 0.5) is 16.6 Å². The molecule has 2 saturated carbocycles. The molecular formula is C27H39N9O3. The van der Waals surface area contributed by atoms with Crippen LogP contribution < -0.4 is 21.0 Å². The lowest BCUT2D eigenvalue weighted by atomic mass is 9.80. The average Bonchev–Trinajstić information content (AvgIpc) is 3.58. The first kappa shape index (κ1) is 25.8. The third-order valence-corrected chi connectivity index (χ3v) is 8.60. The van der Waals surface area contributed by atoms with Gasteiger partial charge in [-0.25, -0.2) is 14.8 Å². The van der Waals surface area contributed by atoms with Gasteiger partial charge in [0.2, 0.25) is 5.95 Å². The molecule has 0 radical (unpaired) electrons. The van der Waals surface area contributed by atoms with Crippen LogP contribution in [-0.4, -0.2) is 43.9 Å². The average molecular weight is 538 g/mol. The number of nitrogens with one attached hydrogen (secondary N) is 3. The fourth-order valence-corrected chi connectivity index (χ4v) is 5.98. The van der Waals surface area contributed by atoms with Crippen LogP contribution in [0.1, 0.15) is 82.2 Å². The van der Waals surface area contributed by atoms with Gasteiger partial charge in [0.15, 0.2) is 29.2 Å². The fraction of sp³-hybridized carbons (Fsp3) is 0.667. The molecule has 3 N–H and O–H groups in total. The molecular weight excluding hydrogens is 498 g/mol. The van der Waals surface area contributed by atoms with Crippen molar-refractivity contribution in [2.75, 3.05) is 17.3 Å². The maximum absolute atomic E-state index is 11.7. The predicted octanol–water partition coefficient (Wildman–Crippen LogP) is 4.43. The summed E-state index contributed by atoms with van der Waals surface area (Å²) in [7, 11) is 2.02. The van der Waals surface area contributed by atoms with Gasteiger partial charge < -0.3 is 24.1 Å². The molecule has 3 aromatic heterocycles. The number of hydrogen-bond donors (Lipinski definition) is 3. The fourth-order valence-electron chi connectivity index (χ4n) is 5.98. The van der Waals surface area contributed by atoms with E-state index in [4.69, 9.17) is 24.3 Å². The van der Waals surface area contributed by atoms with Gasteiger partial charge in [0.1, 0.15) is 5.52 Å². The number of anilines is 2. The molecule has 1 saturated heterocycles. The number of hydroxylamine groups is 1. The number of hydrogen-bond acceptors (Lipinski definition) is 10. The normalized spacial score (nSPS) is 24.3. The Morgan fingerprint density at radius 1 is 1.18 bits per heavy atom. The Bertz CT molecular complexity index is 1330. The number of carbonyl (C=O) groups is 1. The maximum Gasteiger partial charge on any atom is 0.427 e. The molecule has 2 aliphatic carbocycles. The molecule has 210 valence electrons. The van der Waals surface area contributed by atoms with Crippen LogP contribution in [-0.2, 0) is 17.9 Å². The summed E-state index contributed by atoms with van der Waals surface area (Å²) in [5.41, 5.74) is 5.02. The van der Waals surface area contributed by atoms with E-state index in [2.05, 4.69) is 44.6 Å². The molecule has 1 amide bonds. The Hall–Kier alpha value is -3.41. The molecule has 39 heavy (non-hydrogen) atoms. The van der Waals surface area contributed by atoms with E-state index in [1.165, 1.54) is 44.9 Å². The molecule has 0 bridgehead atoms. The van der Waals surface area contributed by atoms with Gasteiger partial charge in [0.05, 0.1) is 12.2 Å². The zero-order chi connectivity index (χ0) is 27.1. The van der Waals surface area contributed by atoms with Gasteiger partial charge >= 0.3 is 6.09 Å². The van der Waals surface area contributed by atoms with Crippen LogP contribution in [0.2, 0.25) is 0 Å². The summed E-state index contributed by atoms with van der Waals surface area (Å²) in [4.78, 5) is 33.5. The zero-order valence-corrected chi connectivity index (χ0v) is 23.2. The number of fused-ring (bicyclic) bond motifs is 1. The number of amides is 1. The van der Waals surface area contributed by atoms with Crippen LogP contribution in [0.5, 0.6) is 0 Å². The third-order valence-electron chi connectivity index (χ3n) is 8.60. The van der Waals surface area contributed by atoms with E-state index in [0.717, 1.165) is 41.2 Å². The first-order valence-corrected chi connectivity index (χ1v) is 14.2. The van der Waals surface area contributed by atoms with E-state index in [1.54, 1.807) is 0 Å². The highest BCUT2D eigenvalue weighted by molar-refractivity contribution is 5.86. The second-order valence-electron chi connectivity index (χ2n) is 11.8. The molecule has 4 heterocycles. The van der Waals surface area contributed by atoms with Crippen molar-refractivity contribution in [3.63, 3.8) is 0 Å². The maximum atomic E-state index is 11.7. The number of imidazole rings is 1. The lowest BCUT2D eigenvalue weighted by Gasteiger charge is -2.32. The predicted molar refractivity (Wildman–Crippen MR) is 146 cm³/mol. The van der Waals surface area contributed by atoms with Crippen molar-refractivity contribution in [1.29, 1.82) is 0 Å². The van der Waals surface area contributed by atoms with Gasteiger partial charge in [0, 0.05) is 25.7 Å². The quantitative estimate of drug-likeness (QED) is 0.360. The Balaban J connectivity index is 1.42. The van der Waals surface area contributed by atoms with E-state index in [0.29, 0.717) is 29.9 Å². The topological polar surface area (TPSA) is 135 Å². The van der Waals surface area contributed by atoms with Crippen molar-refractivity contribution in [3.8, 4) is 0 Å². The smallest absolute Gasteiger partial charge is 0.365 e. The largest absolute Gasteiger partial charge is 0.427 e. The van der Waals surface area contributed by atoms with E-state index in [9.17, 15) is 4.79 Å². The summed E-state index contributed by atoms with van der Waals surface area (Å²) in [6.07, 6.45) is 7.38. The van der Waals surface area contributed by atoms with Gasteiger partial charge in [-0.3, -0.25) is 5.32 Å². The molecule has 12 nitrogen and oxygen atoms in total. The summed E-state index contributed by atoms with van der Waals surface area (Å²) in [6.45, 7) is 7.86. The molecule has 1 unspecified atom stereocenters. The molecule has 3 aliphatic rings. The highest BCUT2D eigenvalue weighted by Gasteiger charge is 2.32. The van der Waals surface area contributed by atoms with Crippen LogP contribution in [0.3, 0.4) is 0 Å². The zero-order valence-electron chi connectivity index (χ0n) is 23.2. The molecule has 6 rings (SSSR count). The van der Waals surface area contributed by atoms with Gasteiger partial charge in [0.25, 0.3) is 0 Å². The van der Waals surface area contributed by atoms with Crippen molar-refractivity contribution < 1.29 is 14.2 Å². The molecule has 3 fully saturated rings. The Kier molecular flexibility index (Phi) is 7.05. The molecule has 1 aliphatic heterocycles. The first-order valence-electron chi connectivity index (χ1n) is 14.2. The van der Waals surface area contributed by atoms with Crippen molar-refractivity contribution in [1.82, 2.24) is 35.5 Å². The number of aryl methyl sites for hydroxylation is 1. The minimum atomic E-state index is -0.648. The number of rotatable bonds is 9.